The number of benzene rings is 2. The van der Waals surface area contributed by atoms with Crippen LogP contribution in [0.1, 0.15) is 19.4 Å². The molecule has 9 nitrogen and oxygen atoms in total. The van der Waals surface area contributed by atoms with Gasteiger partial charge in [0.25, 0.3) is 5.69 Å². The van der Waals surface area contributed by atoms with Gasteiger partial charge in [-0.25, -0.2) is 8.42 Å². The molecule has 0 fully saturated rings. The summed E-state index contributed by atoms with van der Waals surface area (Å²) in [4.78, 5) is 23.4. The number of rotatable bonds is 8. The number of nitro benzene ring substituents is 1. The van der Waals surface area contributed by atoms with Gasteiger partial charge in [-0.1, -0.05) is 18.2 Å². The van der Waals surface area contributed by atoms with Gasteiger partial charge in [0.05, 0.1) is 29.2 Å². The summed E-state index contributed by atoms with van der Waals surface area (Å²) in [5, 5.41) is 13.8. The van der Waals surface area contributed by atoms with Crippen LogP contribution in [0.25, 0.3) is 0 Å². The number of amides is 1. The molecule has 0 bridgehead atoms. The van der Waals surface area contributed by atoms with E-state index in [2.05, 4.69) is 5.32 Å². The lowest BCUT2D eigenvalue weighted by atomic mass is 10.1. The number of hydrogen-bond acceptors (Lipinski definition) is 6. The Hall–Kier alpha value is -3.14. The predicted molar refractivity (Wildman–Crippen MR) is 111 cm³/mol. The summed E-state index contributed by atoms with van der Waals surface area (Å²) >= 11 is 0. The SMILES string of the molecule is CCOc1ccccc1NC(=O)[C@H](C)N(c1cc([N+](=O)[O-])ccc1C)S(C)(=O)=O. The number of nitrogens with zero attached hydrogens (tertiary/aromatic N) is 2. The van der Waals surface area contributed by atoms with Crippen molar-refractivity contribution in [2.75, 3.05) is 22.5 Å². The molecule has 0 saturated carbocycles. The number of nitrogens with one attached hydrogen (secondary N) is 1. The summed E-state index contributed by atoms with van der Waals surface area (Å²) in [5.41, 5.74) is 0.682. The maximum absolute atomic E-state index is 12.9. The summed E-state index contributed by atoms with van der Waals surface area (Å²) < 4.78 is 31.3. The molecule has 156 valence electrons. The standard InChI is InChI=1S/C19H23N3O6S/c1-5-28-18-9-7-6-8-16(18)20-19(23)14(3)21(29(4,26)27)17-12-15(22(24)25)11-10-13(17)2/h6-12,14H,5H2,1-4H3,(H,20,23)/t14-/m0/s1. The molecular formula is C19H23N3O6S. The van der Waals surface area contributed by atoms with Gasteiger partial charge < -0.3 is 10.1 Å². The van der Waals surface area contributed by atoms with E-state index < -0.39 is 26.9 Å². The van der Waals surface area contributed by atoms with Crippen LogP contribution in [0.2, 0.25) is 0 Å². The molecule has 10 heteroatoms. The molecule has 2 aromatic carbocycles. The quantitative estimate of drug-likeness (QED) is 0.517. The smallest absolute Gasteiger partial charge is 0.271 e. The highest BCUT2D eigenvalue weighted by atomic mass is 32.2. The molecule has 29 heavy (non-hydrogen) atoms. The van der Waals surface area contributed by atoms with Gasteiger partial charge in [-0.2, -0.15) is 0 Å². The molecule has 1 atom stereocenters. The van der Waals surface area contributed by atoms with Gasteiger partial charge in [0.2, 0.25) is 15.9 Å². The highest BCUT2D eigenvalue weighted by molar-refractivity contribution is 7.92. The van der Waals surface area contributed by atoms with Crippen molar-refractivity contribution in [3.63, 3.8) is 0 Å². The summed E-state index contributed by atoms with van der Waals surface area (Å²) in [6.07, 6.45) is 0.948. The normalized spacial score (nSPS) is 12.1. The first kappa shape index (κ1) is 22.2. The summed E-state index contributed by atoms with van der Waals surface area (Å²) in [7, 11) is -3.92. The molecule has 1 N–H and O–H groups in total. The van der Waals surface area contributed by atoms with Gasteiger partial charge in [0.1, 0.15) is 11.8 Å². The van der Waals surface area contributed by atoms with Crippen molar-refractivity contribution < 1.29 is 22.9 Å². The molecule has 0 aromatic heterocycles. The molecule has 0 aliphatic rings. The van der Waals surface area contributed by atoms with Crippen LogP contribution in [-0.4, -0.2) is 38.2 Å². The van der Waals surface area contributed by atoms with Crippen LogP contribution >= 0.6 is 0 Å². The number of para-hydroxylation sites is 2. The fourth-order valence-corrected chi connectivity index (χ4v) is 4.04. The Bertz CT molecular complexity index is 1020. The van der Waals surface area contributed by atoms with Crippen LogP contribution in [-0.2, 0) is 14.8 Å². The lowest BCUT2D eigenvalue weighted by molar-refractivity contribution is -0.384. The lowest BCUT2D eigenvalue weighted by Gasteiger charge is -2.29. The summed E-state index contributed by atoms with van der Waals surface area (Å²) in [5.74, 6) is -0.151. The maximum Gasteiger partial charge on any atom is 0.271 e. The average molecular weight is 421 g/mol. The highest BCUT2D eigenvalue weighted by Crippen LogP contribution is 2.30. The number of carbonyl (C=O) groups is 1. The Morgan fingerprint density at radius 2 is 1.93 bits per heavy atom. The largest absolute Gasteiger partial charge is 0.492 e. The molecule has 0 aliphatic carbocycles. The first-order valence-corrected chi connectivity index (χ1v) is 10.7. The summed E-state index contributed by atoms with van der Waals surface area (Å²) in [6.45, 7) is 5.23. The van der Waals surface area contributed by atoms with Crippen LogP contribution in [0.3, 0.4) is 0 Å². The van der Waals surface area contributed by atoms with Gasteiger partial charge in [0, 0.05) is 12.1 Å². The third-order valence-electron chi connectivity index (χ3n) is 4.17. The summed E-state index contributed by atoms with van der Waals surface area (Å²) in [6, 6.07) is 9.49. The molecule has 0 radical (unpaired) electrons. The van der Waals surface area contributed by atoms with Crippen molar-refractivity contribution >= 4 is 33.0 Å². The van der Waals surface area contributed by atoms with Gasteiger partial charge in [-0.3, -0.25) is 19.2 Å². The molecular weight excluding hydrogens is 398 g/mol. The van der Waals surface area contributed by atoms with Crippen LogP contribution < -0.4 is 14.4 Å². The highest BCUT2D eigenvalue weighted by Gasteiger charge is 2.31. The number of carbonyl (C=O) groups excluding carboxylic acids is 1. The monoisotopic (exact) mass is 421 g/mol. The number of sulfonamides is 1. The Morgan fingerprint density at radius 3 is 2.52 bits per heavy atom. The number of hydrogen-bond donors (Lipinski definition) is 1. The molecule has 0 saturated heterocycles. The fraction of sp³-hybridized carbons (Fsp3) is 0.316. The van der Waals surface area contributed by atoms with E-state index in [1.807, 2.05) is 0 Å². The van der Waals surface area contributed by atoms with E-state index in [1.54, 1.807) is 38.1 Å². The van der Waals surface area contributed by atoms with Crippen molar-refractivity contribution in [3.8, 4) is 5.75 Å². The number of aryl methyl sites for hydroxylation is 1. The average Bonchev–Trinajstić information content (AvgIpc) is 2.63. The minimum absolute atomic E-state index is 0.0717. The predicted octanol–water partition coefficient (Wildman–Crippen LogP) is 3.10. The van der Waals surface area contributed by atoms with E-state index >= 15 is 0 Å². The van der Waals surface area contributed by atoms with Crippen molar-refractivity contribution in [2.45, 2.75) is 26.8 Å². The lowest BCUT2D eigenvalue weighted by Crippen LogP contribution is -2.45. The van der Waals surface area contributed by atoms with E-state index in [1.165, 1.54) is 19.1 Å². The van der Waals surface area contributed by atoms with Crippen LogP contribution in [0, 0.1) is 17.0 Å². The second-order valence-corrected chi connectivity index (χ2v) is 8.24. The minimum atomic E-state index is -3.92. The first-order chi connectivity index (χ1) is 13.6. The van der Waals surface area contributed by atoms with Crippen molar-refractivity contribution in [2.24, 2.45) is 0 Å². The third-order valence-corrected chi connectivity index (χ3v) is 5.40. The second-order valence-electron chi connectivity index (χ2n) is 6.38. The zero-order valence-corrected chi connectivity index (χ0v) is 17.4. The maximum atomic E-state index is 12.9. The number of anilines is 2. The van der Waals surface area contributed by atoms with Crippen molar-refractivity contribution in [3.05, 3.63) is 58.1 Å². The second kappa shape index (κ2) is 8.91. The molecule has 0 spiro atoms. The number of nitro groups is 1. The molecule has 0 unspecified atom stereocenters. The fourth-order valence-electron chi connectivity index (χ4n) is 2.82. The number of ether oxygens (including phenoxy) is 1. The molecule has 0 heterocycles. The Kier molecular flexibility index (Phi) is 6.80. The molecule has 2 rings (SSSR count). The van der Waals surface area contributed by atoms with Gasteiger partial charge in [-0.15, -0.1) is 0 Å². The van der Waals surface area contributed by atoms with Gasteiger partial charge >= 0.3 is 0 Å². The van der Waals surface area contributed by atoms with E-state index in [4.69, 9.17) is 4.74 Å². The van der Waals surface area contributed by atoms with Crippen LogP contribution in [0.4, 0.5) is 17.1 Å². The topological polar surface area (TPSA) is 119 Å². The zero-order valence-electron chi connectivity index (χ0n) is 16.6. The van der Waals surface area contributed by atoms with Crippen LogP contribution in [0.5, 0.6) is 5.75 Å². The molecule has 1 amide bonds. The Morgan fingerprint density at radius 1 is 1.28 bits per heavy atom. The molecule has 2 aromatic rings. The Labute approximate surface area is 169 Å². The van der Waals surface area contributed by atoms with Crippen molar-refractivity contribution in [1.82, 2.24) is 0 Å². The molecule has 0 aliphatic heterocycles. The first-order valence-electron chi connectivity index (χ1n) is 8.83. The Balaban J connectivity index is 2.43. The zero-order chi connectivity index (χ0) is 21.8. The van der Waals surface area contributed by atoms with E-state index in [9.17, 15) is 23.3 Å². The third kappa shape index (κ3) is 5.23. The van der Waals surface area contributed by atoms with Gasteiger partial charge in [0.15, 0.2) is 0 Å². The number of non-ortho nitro benzene ring substituents is 1. The van der Waals surface area contributed by atoms with E-state index in [0.717, 1.165) is 16.6 Å². The van der Waals surface area contributed by atoms with Gasteiger partial charge in [-0.05, 0) is 38.5 Å². The van der Waals surface area contributed by atoms with E-state index in [-0.39, 0.29) is 11.4 Å². The minimum Gasteiger partial charge on any atom is -0.492 e. The van der Waals surface area contributed by atoms with Crippen LogP contribution in [0.15, 0.2) is 42.5 Å². The van der Waals surface area contributed by atoms with E-state index in [0.29, 0.717) is 23.6 Å². The van der Waals surface area contributed by atoms with Crippen molar-refractivity contribution in [1.29, 1.82) is 0 Å².